The molecule has 0 saturated carbocycles. The second-order valence-corrected chi connectivity index (χ2v) is 12.6. The van der Waals surface area contributed by atoms with E-state index in [1.807, 2.05) is 100 Å². The van der Waals surface area contributed by atoms with Gasteiger partial charge in [-0.3, -0.25) is 13.9 Å². The number of hydrogen-bond acceptors (Lipinski definition) is 4. The zero-order valence-corrected chi connectivity index (χ0v) is 25.7. The summed E-state index contributed by atoms with van der Waals surface area (Å²) in [6.07, 6.45) is 2.75. The van der Waals surface area contributed by atoms with Gasteiger partial charge in [0, 0.05) is 32.0 Å². The van der Waals surface area contributed by atoms with Crippen LogP contribution in [0.4, 0.5) is 5.69 Å². The van der Waals surface area contributed by atoms with Crippen LogP contribution in [0.3, 0.4) is 0 Å². The van der Waals surface area contributed by atoms with Crippen LogP contribution in [-0.4, -0.2) is 50.0 Å². The highest BCUT2D eigenvalue weighted by Gasteiger charge is 2.31. The van der Waals surface area contributed by atoms with Gasteiger partial charge in [0.05, 0.1) is 11.9 Å². The number of carbonyl (C=O) groups is 2. The Balaban J connectivity index is 1.87. The summed E-state index contributed by atoms with van der Waals surface area (Å²) in [6.45, 7) is 8.32. The van der Waals surface area contributed by atoms with Gasteiger partial charge in [-0.2, -0.15) is 0 Å². The lowest BCUT2D eigenvalue weighted by Gasteiger charge is -2.32. The molecule has 0 heterocycles. The minimum absolute atomic E-state index is 0.0317. The van der Waals surface area contributed by atoms with Gasteiger partial charge >= 0.3 is 0 Å². The molecule has 2 amide bonds. The number of hydrogen-bond donors (Lipinski definition) is 1. The fraction of sp³-hybridized carbons (Fsp3) is 0.394. The van der Waals surface area contributed by atoms with Crippen molar-refractivity contribution in [3.05, 3.63) is 101 Å². The van der Waals surface area contributed by atoms with E-state index in [4.69, 9.17) is 0 Å². The highest BCUT2D eigenvalue weighted by atomic mass is 32.2. The summed E-state index contributed by atoms with van der Waals surface area (Å²) in [7, 11) is -3.56. The standard InChI is InChI=1S/C33H43N3O4S/c1-6-27(4)34-33(38)31(23-28-14-9-7-10-15-28)35(24-29-16-11-8-12-17-29)32(37)18-13-21-36(41(5,39)40)30-20-19-25(2)26(3)22-30/h7-12,14-17,19-20,22,27,31H,6,13,18,21,23-24H2,1-5H3,(H,34,38)/t27-,31+/m0/s1. The minimum atomic E-state index is -3.56. The quantitative estimate of drug-likeness (QED) is 0.278. The van der Waals surface area contributed by atoms with Crippen LogP contribution in [0.2, 0.25) is 0 Å². The maximum Gasteiger partial charge on any atom is 0.243 e. The molecule has 0 aliphatic rings. The zero-order chi connectivity index (χ0) is 30.0. The smallest absolute Gasteiger partial charge is 0.243 e. The monoisotopic (exact) mass is 577 g/mol. The molecule has 3 aromatic rings. The van der Waals surface area contributed by atoms with Gasteiger partial charge in [-0.05, 0) is 68.0 Å². The Kier molecular flexibility index (Phi) is 11.5. The topological polar surface area (TPSA) is 86.8 Å². The lowest BCUT2D eigenvalue weighted by Crippen LogP contribution is -2.52. The first kappa shape index (κ1) is 31.9. The van der Waals surface area contributed by atoms with Gasteiger partial charge in [0.25, 0.3) is 0 Å². The number of carbonyl (C=O) groups excluding carboxylic acids is 2. The normalized spacial score (nSPS) is 12.8. The van der Waals surface area contributed by atoms with E-state index in [1.165, 1.54) is 10.6 Å². The molecule has 8 heteroatoms. The third-order valence-corrected chi connectivity index (χ3v) is 8.59. The largest absolute Gasteiger partial charge is 0.352 e. The Morgan fingerprint density at radius 3 is 2.05 bits per heavy atom. The van der Waals surface area contributed by atoms with E-state index in [-0.39, 0.29) is 37.4 Å². The molecule has 0 aromatic heterocycles. The van der Waals surface area contributed by atoms with E-state index in [9.17, 15) is 18.0 Å². The van der Waals surface area contributed by atoms with Gasteiger partial charge in [-0.25, -0.2) is 8.42 Å². The molecule has 0 radical (unpaired) electrons. The molecule has 0 aliphatic carbocycles. The van der Waals surface area contributed by atoms with Crippen LogP contribution in [0.25, 0.3) is 0 Å². The number of aryl methyl sites for hydroxylation is 2. The molecule has 0 saturated heterocycles. The maximum absolute atomic E-state index is 13.9. The van der Waals surface area contributed by atoms with Crippen molar-refractivity contribution in [2.45, 2.75) is 72.0 Å². The molecule has 220 valence electrons. The Morgan fingerprint density at radius 2 is 1.49 bits per heavy atom. The first-order chi connectivity index (χ1) is 19.5. The Labute approximate surface area is 245 Å². The van der Waals surface area contributed by atoms with Gasteiger partial charge in [0.1, 0.15) is 6.04 Å². The molecular weight excluding hydrogens is 534 g/mol. The molecule has 0 fully saturated rings. The average Bonchev–Trinajstić information content (AvgIpc) is 2.94. The van der Waals surface area contributed by atoms with Crippen molar-refractivity contribution in [1.82, 2.24) is 10.2 Å². The third-order valence-electron chi connectivity index (χ3n) is 7.40. The molecular formula is C33H43N3O4S. The molecule has 0 aliphatic heterocycles. The van der Waals surface area contributed by atoms with Crippen molar-refractivity contribution in [3.8, 4) is 0 Å². The van der Waals surface area contributed by atoms with Gasteiger partial charge < -0.3 is 10.2 Å². The molecule has 0 unspecified atom stereocenters. The lowest BCUT2D eigenvalue weighted by atomic mass is 10.0. The number of nitrogens with zero attached hydrogens (tertiary/aromatic N) is 2. The molecule has 7 nitrogen and oxygen atoms in total. The van der Waals surface area contributed by atoms with Crippen molar-refractivity contribution in [1.29, 1.82) is 0 Å². The minimum Gasteiger partial charge on any atom is -0.352 e. The summed E-state index contributed by atoms with van der Waals surface area (Å²) in [4.78, 5) is 29.2. The molecule has 2 atom stereocenters. The zero-order valence-electron chi connectivity index (χ0n) is 24.8. The molecule has 0 spiro atoms. The van der Waals surface area contributed by atoms with Crippen LogP contribution >= 0.6 is 0 Å². The fourth-order valence-electron chi connectivity index (χ4n) is 4.66. The summed E-state index contributed by atoms with van der Waals surface area (Å²) in [5.41, 5.74) is 4.54. The van der Waals surface area contributed by atoms with Crippen LogP contribution in [0.5, 0.6) is 0 Å². The second-order valence-electron chi connectivity index (χ2n) is 10.7. The summed E-state index contributed by atoms with van der Waals surface area (Å²) in [5.74, 6) is -0.386. The van der Waals surface area contributed by atoms with Crippen molar-refractivity contribution in [2.75, 3.05) is 17.1 Å². The van der Waals surface area contributed by atoms with Crippen molar-refractivity contribution >= 4 is 27.5 Å². The highest BCUT2D eigenvalue weighted by Crippen LogP contribution is 2.23. The van der Waals surface area contributed by atoms with Gasteiger partial charge in [-0.15, -0.1) is 0 Å². The predicted octanol–water partition coefficient (Wildman–Crippen LogP) is 5.40. The number of sulfonamides is 1. The third kappa shape index (κ3) is 9.46. The number of amides is 2. The number of benzene rings is 3. The van der Waals surface area contributed by atoms with Gasteiger partial charge in [0.2, 0.25) is 21.8 Å². The predicted molar refractivity (Wildman–Crippen MR) is 166 cm³/mol. The van der Waals surface area contributed by atoms with Crippen LogP contribution in [0.1, 0.15) is 55.4 Å². The fourth-order valence-corrected chi connectivity index (χ4v) is 5.62. The van der Waals surface area contributed by atoms with Crippen molar-refractivity contribution in [2.24, 2.45) is 0 Å². The Bertz CT molecular complexity index is 1390. The average molecular weight is 578 g/mol. The molecule has 41 heavy (non-hydrogen) atoms. The van der Waals surface area contributed by atoms with E-state index < -0.39 is 16.1 Å². The summed E-state index contributed by atoms with van der Waals surface area (Å²) in [5, 5.41) is 3.08. The second kappa shape index (κ2) is 14.8. The van der Waals surface area contributed by atoms with E-state index in [2.05, 4.69) is 5.32 Å². The number of nitrogens with one attached hydrogen (secondary N) is 1. The van der Waals surface area contributed by atoms with E-state index in [1.54, 1.807) is 11.0 Å². The maximum atomic E-state index is 13.9. The van der Waals surface area contributed by atoms with Crippen LogP contribution in [0.15, 0.2) is 78.9 Å². The molecule has 0 bridgehead atoms. The lowest BCUT2D eigenvalue weighted by molar-refractivity contribution is -0.141. The number of rotatable bonds is 14. The summed E-state index contributed by atoms with van der Waals surface area (Å²) in [6, 6.07) is 24.1. The van der Waals surface area contributed by atoms with Gasteiger partial charge in [-0.1, -0.05) is 73.7 Å². The van der Waals surface area contributed by atoms with Crippen LogP contribution in [-0.2, 0) is 32.6 Å². The van der Waals surface area contributed by atoms with E-state index >= 15 is 0 Å². The van der Waals surface area contributed by atoms with E-state index in [0.717, 1.165) is 28.7 Å². The summed E-state index contributed by atoms with van der Waals surface area (Å²) >= 11 is 0. The van der Waals surface area contributed by atoms with Crippen LogP contribution in [0, 0.1) is 13.8 Å². The highest BCUT2D eigenvalue weighted by molar-refractivity contribution is 7.92. The first-order valence-electron chi connectivity index (χ1n) is 14.2. The Hall–Kier alpha value is -3.65. The van der Waals surface area contributed by atoms with Crippen LogP contribution < -0.4 is 9.62 Å². The molecule has 3 rings (SSSR count). The number of anilines is 1. The molecule has 1 N–H and O–H groups in total. The van der Waals surface area contributed by atoms with Crippen molar-refractivity contribution in [3.63, 3.8) is 0 Å². The molecule has 3 aromatic carbocycles. The first-order valence-corrected chi connectivity index (χ1v) is 16.1. The summed E-state index contributed by atoms with van der Waals surface area (Å²) < 4.78 is 26.7. The van der Waals surface area contributed by atoms with Crippen molar-refractivity contribution < 1.29 is 18.0 Å². The Morgan fingerprint density at radius 1 is 0.878 bits per heavy atom. The van der Waals surface area contributed by atoms with E-state index in [0.29, 0.717) is 18.5 Å². The SMILES string of the molecule is CC[C@H](C)NC(=O)[C@@H](Cc1ccccc1)N(Cc1ccccc1)C(=O)CCCN(c1ccc(C)c(C)c1)S(C)(=O)=O. The van der Waals surface area contributed by atoms with Gasteiger partial charge in [0.15, 0.2) is 0 Å².